The maximum Gasteiger partial charge on any atom is 0.573 e. The molecule has 8 heteroatoms. The highest BCUT2D eigenvalue weighted by Crippen LogP contribution is 2.25. The van der Waals surface area contributed by atoms with Crippen molar-refractivity contribution >= 4 is 11.7 Å². The second-order valence-corrected chi connectivity index (χ2v) is 6.51. The lowest BCUT2D eigenvalue weighted by Crippen LogP contribution is -2.40. The van der Waals surface area contributed by atoms with Crippen LogP contribution in [-0.2, 0) is 0 Å². The highest BCUT2D eigenvalue weighted by Gasteiger charge is 2.31. The maximum absolute atomic E-state index is 13.0. The largest absolute Gasteiger partial charge is 0.573 e. The van der Waals surface area contributed by atoms with Crippen molar-refractivity contribution in [2.75, 3.05) is 13.1 Å². The molecule has 1 aliphatic rings. The first-order valence-corrected chi connectivity index (χ1v) is 8.68. The average molecular weight is 395 g/mol. The summed E-state index contributed by atoms with van der Waals surface area (Å²) in [6, 6.07) is 10.1. The molecule has 0 bridgehead atoms. The second-order valence-electron chi connectivity index (χ2n) is 6.51. The molecule has 3 rings (SSSR count). The van der Waals surface area contributed by atoms with Crippen LogP contribution in [0, 0.1) is 11.7 Å². The van der Waals surface area contributed by atoms with Gasteiger partial charge in [-0.2, -0.15) is 0 Å². The van der Waals surface area contributed by atoms with E-state index in [1.54, 1.807) is 4.90 Å². The first-order valence-electron chi connectivity index (χ1n) is 8.68. The minimum Gasteiger partial charge on any atom is -0.406 e. The number of halogens is 4. The number of nitrogens with zero attached hydrogens (tertiary/aromatic N) is 1. The zero-order valence-electron chi connectivity index (χ0n) is 14.7. The van der Waals surface area contributed by atoms with Crippen molar-refractivity contribution in [2.45, 2.75) is 19.2 Å². The Bertz CT molecular complexity index is 839. The minimum atomic E-state index is -4.79. The van der Waals surface area contributed by atoms with E-state index in [1.165, 1.54) is 36.4 Å². The fourth-order valence-corrected chi connectivity index (χ4v) is 3.18. The minimum absolute atomic E-state index is 0.0826. The normalized spacial score (nSPS) is 15.4. The lowest BCUT2D eigenvalue weighted by atomic mass is 9.88. The fraction of sp³-hybridized carbons (Fsp3) is 0.300. The Morgan fingerprint density at radius 1 is 0.893 bits per heavy atom. The number of piperidine rings is 1. The number of amides is 1. The summed E-state index contributed by atoms with van der Waals surface area (Å²) in [6.45, 7) is 0.717. The topological polar surface area (TPSA) is 46.6 Å². The Hall–Kier alpha value is -2.90. The van der Waals surface area contributed by atoms with Crippen LogP contribution in [0.2, 0.25) is 0 Å². The van der Waals surface area contributed by atoms with Crippen LogP contribution in [0.25, 0.3) is 0 Å². The van der Waals surface area contributed by atoms with Gasteiger partial charge in [0.1, 0.15) is 11.6 Å². The Morgan fingerprint density at radius 3 is 1.96 bits per heavy atom. The van der Waals surface area contributed by atoms with Crippen LogP contribution in [0.5, 0.6) is 5.75 Å². The molecule has 0 saturated carbocycles. The van der Waals surface area contributed by atoms with Crippen molar-refractivity contribution in [1.29, 1.82) is 0 Å². The van der Waals surface area contributed by atoms with E-state index >= 15 is 0 Å². The fourth-order valence-electron chi connectivity index (χ4n) is 3.18. The average Bonchev–Trinajstić information content (AvgIpc) is 2.67. The molecule has 0 N–H and O–H groups in total. The van der Waals surface area contributed by atoms with Crippen molar-refractivity contribution in [3.8, 4) is 5.75 Å². The van der Waals surface area contributed by atoms with Crippen molar-refractivity contribution in [2.24, 2.45) is 5.92 Å². The van der Waals surface area contributed by atoms with Crippen molar-refractivity contribution in [3.05, 3.63) is 65.5 Å². The molecule has 2 aromatic carbocycles. The third kappa shape index (κ3) is 4.88. The zero-order chi connectivity index (χ0) is 20.3. The van der Waals surface area contributed by atoms with Crippen LogP contribution < -0.4 is 4.74 Å². The van der Waals surface area contributed by atoms with Crippen molar-refractivity contribution in [3.63, 3.8) is 0 Å². The number of ether oxygens (including phenoxy) is 1. The number of hydrogen-bond acceptors (Lipinski definition) is 3. The molecule has 148 valence electrons. The number of carbonyl (C=O) groups is 2. The van der Waals surface area contributed by atoms with Gasteiger partial charge in [-0.1, -0.05) is 0 Å². The van der Waals surface area contributed by atoms with E-state index in [2.05, 4.69) is 4.74 Å². The quantitative estimate of drug-likeness (QED) is 0.567. The summed E-state index contributed by atoms with van der Waals surface area (Å²) in [7, 11) is 0. The molecule has 0 aromatic heterocycles. The van der Waals surface area contributed by atoms with E-state index in [-0.39, 0.29) is 23.2 Å². The molecule has 1 heterocycles. The van der Waals surface area contributed by atoms with Gasteiger partial charge in [0.2, 0.25) is 0 Å². The van der Waals surface area contributed by atoms with Gasteiger partial charge in [-0.05, 0) is 61.4 Å². The highest BCUT2D eigenvalue weighted by molar-refractivity contribution is 5.98. The summed E-state index contributed by atoms with van der Waals surface area (Å²) in [5, 5.41) is 0. The summed E-state index contributed by atoms with van der Waals surface area (Å²) in [5.41, 5.74) is 0.685. The molecular weight excluding hydrogens is 378 g/mol. The van der Waals surface area contributed by atoms with Gasteiger partial charge in [0.05, 0.1) is 0 Å². The Morgan fingerprint density at radius 2 is 1.43 bits per heavy atom. The van der Waals surface area contributed by atoms with Gasteiger partial charge in [-0.3, -0.25) is 9.59 Å². The third-order valence-electron chi connectivity index (χ3n) is 4.62. The van der Waals surface area contributed by atoms with Crippen LogP contribution in [0.15, 0.2) is 48.5 Å². The molecular formula is C20H17F4NO3. The van der Waals surface area contributed by atoms with Crippen LogP contribution in [0.4, 0.5) is 17.6 Å². The summed E-state index contributed by atoms with van der Waals surface area (Å²) in [5.74, 6) is -1.46. The number of Topliss-reactive ketones (excluding diaryl/α,β-unsaturated/α-hetero) is 1. The van der Waals surface area contributed by atoms with Crippen LogP contribution >= 0.6 is 0 Å². The van der Waals surface area contributed by atoms with Gasteiger partial charge in [0.15, 0.2) is 5.78 Å². The number of hydrogen-bond donors (Lipinski definition) is 0. The maximum atomic E-state index is 13.0. The third-order valence-corrected chi connectivity index (χ3v) is 4.62. The van der Waals surface area contributed by atoms with E-state index in [4.69, 9.17) is 0 Å². The van der Waals surface area contributed by atoms with Gasteiger partial charge in [0.25, 0.3) is 5.91 Å². The lowest BCUT2D eigenvalue weighted by molar-refractivity contribution is -0.274. The first-order chi connectivity index (χ1) is 13.2. The van der Waals surface area contributed by atoms with Crippen LogP contribution in [-0.4, -0.2) is 36.0 Å². The molecule has 1 amide bonds. The molecule has 0 aliphatic carbocycles. The van der Waals surface area contributed by atoms with Gasteiger partial charge >= 0.3 is 6.36 Å². The Labute approximate surface area is 158 Å². The highest BCUT2D eigenvalue weighted by atomic mass is 19.4. The zero-order valence-corrected chi connectivity index (χ0v) is 14.7. The Kier molecular flexibility index (Phi) is 5.67. The number of likely N-dealkylation sites (tertiary alicyclic amines) is 1. The van der Waals surface area contributed by atoms with Gasteiger partial charge in [0, 0.05) is 30.1 Å². The molecule has 0 spiro atoms. The second kappa shape index (κ2) is 8.00. The van der Waals surface area contributed by atoms with Crippen LogP contribution in [0.1, 0.15) is 33.6 Å². The standard InChI is InChI=1S/C20H17F4NO3/c21-16-5-1-13(2-6-16)18(26)14-9-11-25(12-10-14)19(27)15-3-7-17(8-4-15)28-20(22,23)24/h1-8,14H,9-12H2. The van der Waals surface area contributed by atoms with E-state index in [0.29, 0.717) is 31.5 Å². The predicted molar refractivity (Wildman–Crippen MR) is 92.5 cm³/mol. The number of alkyl halides is 3. The SMILES string of the molecule is O=C(c1ccc(F)cc1)C1CCN(C(=O)c2ccc(OC(F)(F)F)cc2)CC1. The molecule has 0 unspecified atom stereocenters. The van der Waals surface area contributed by atoms with E-state index < -0.39 is 17.9 Å². The van der Waals surface area contributed by atoms with Crippen molar-refractivity contribution in [1.82, 2.24) is 4.90 Å². The van der Waals surface area contributed by atoms with E-state index in [1.807, 2.05) is 0 Å². The number of ketones is 1. The lowest BCUT2D eigenvalue weighted by Gasteiger charge is -2.31. The van der Waals surface area contributed by atoms with Gasteiger partial charge < -0.3 is 9.64 Å². The molecule has 4 nitrogen and oxygen atoms in total. The predicted octanol–water partition coefficient (Wildman–Crippen LogP) is 4.46. The molecule has 2 aromatic rings. The van der Waals surface area contributed by atoms with E-state index in [9.17, 15) is 27.2 Å². The molecule has 28 heavy (non-hydrogen) atoms. The smallest absolute Gasteiger partial charge is 0.406 e. The summed E-state index contributed by atoms with van der Waals surface area (Å²) < 4.78 is 53.3. The molecule has 1 aliphatic heterocycles. The van der Waals surface area contributed by atoms with Gasteiger partial charge in [-0.15, -0.1) is 13.2 Å². The molecule has 0 radical (unpaired) electrons. The molecule has 1 fully saturated rings. The number of rotatable bonds is 4. The Balaban J connectivity index is 1.57. The van der Waals surface area contributed by atoms with Gasteiger partial charge in [-0.25, -0.2) is 4.39 Å². The molecule has 1 saturated heterocycles. The van der Waals surface area contributed by atoms with Crippen molar-refractivity contribution < 1.29 is 31.9 Å². The monoisotopic (exact) mass is 395 g/mol. The first kappa shape index (κ1) is 19.9. The summed E-state index contributed by atoms with van der Waals surface area (Å²) in [4.78, 5) is 26.6. The summed E-state index contributed by atoms with van der Waals surface area (Å²) >= 11 is 0. The summed E-state index contributed by atoms with van der Waals surface area (Å²) in [6.07, 6.45) is -3.85. The number of carbonyl (C=O) groups excluding carboxylic acids is 2. The van der Waals surface area contributed by atoms with E-state index in [0.717, 1.165) is 12.1 Å². The number of benzene rings is 2. The van der Waals surface area contributed by atoms with Crippen LogP contribution in [0.3, 0.4) is 0 Å². The molecule has 0 atom stereocenters.